The van der Waals surface area contributed by atoms with Gasteiger partial charge in [0.25, 0.3) is 0 Å². The Balaban J connectivity index is 1.81. The van der Waals surface area contributed by atoms with Gasteiger partial charge in [-0.2, -0.15) is 0 Å². The first-order valence-electron chi connectivity index (χ1n) is 8.27. The SMILES string of the molecule is CC1CCc2c([nH]c(-c3ccncc3)c2Nc2ccccc2)C1. The predicted octanol–water partition coefficient (Wildman–Crippen LogP) is 4.95. The third-order valence-electron chi connectivity index (χ3n) is 4.64. The number of aromatic amines is 1. The maximum atomic E-state index is 4.14. The van der Waals surface area contributed by atoms with Crippen molar-refractivity contribution in [2.24, 2.45) is 5.92 Å². The lowest BCUT2D eigenvalue weighted by atomic mass is 9.88. The summed E-state index contributed by atoms with van der Waals surface area (Å²) in [5.41, 5.74) is 7.54. The van der Waals surface area contributed by atoms with Gasteiger partial charge >= 0.3 is 0 Å². The Labute approximate surface area is 136 Å². The van der Waals surface area contributed by atoms with Crippen molar-refractivity contribution in [1.82, 2.24) is 9.97 Å². The van der Waals surface area contributed by atoms with Crippen LogP contribution in [0.25, 0.3) is 11.3 Å². The zero-order valence-electron chi connectivity index (χ0n) is 13.3. The van der Waals surface area contributed by atoms with Gasteiger partial charge in [0.2, 0.25) is 0 Å². The van der Waals surface area contributed by atoms with Gasteiger partial charge in [0, 0.05) is 29.3 Å². The molecule has 2 aromatic heterocycles. The van der Waals surface area contributed by atoms with E-state index in [1.165, 1.54) is 34.6 Å². The highest BCUT2D eigenvalue weighted by molar-refractivity contribution is 5.82. The molecule has 3 heteroatoms. The van der Waals surface area contributed by atoms with Crippen molar-refractivity contribution in [2.45, 2.75) is 26.2 Å². The fourth-order valence-corrected chi connectivity index (χ4v) is 3.42. The fourth-order valence-electron chi connectivity index (χ4n) is 3.42. The molecule has 0 spiro atoms. The van der Waals surface area contributed by atoms with Gasteiger partial charge in [0.05, 0.1) is 11.4 Å². The van der Waals surface area contributed by atoms with Gasteiger partial charge in [-0.05, 0) is 55.0 Å². The number of hydrogen-bond donors (Lipinski definition) is 2. The van der Waals surface area contributed by atoms with E-state index >= 15 is 0 Å². The first-order valence-corrected chi connectivity index (χ1v) is 8.27. The number of fused-ring (bicyclic) bond motifs is 1. The number of aromatic nitrogens is 2. The molecule has 1 unspecified atom stereocenters. The van der Waals surface area contributed by atoms with E-state index in [1.54, 1.807) is 0 Å². The Morgan fingerprint density at radius 2 is 1.87 bits per heavy atom. The van der Waals surface area contributed by atoms with E-state index < -0.39 is 0 Å². The van der Waals surface area contributed by atoms with Crippen LogP contribution in [-0.4, -0.2) is 9.97 Å². The Hall–Kier alpha value is -2.55. The van der Waals surface area contributed by atoms with Crippen LogP contribution < -0.4 is 5.32 Å². The molecule has 1 aliphatic carbocycles. The summed E-state index contributed by atoms with van der Waals surface area (Å²) in [4.78, 5) is 7.82. The summed E-state index contributed by atoms with van der Waals surface area (Å²) in [7, 11) is 0. The number of nitrogens with one attached hydrogen (secondary N) is 2. The molecule has 116 valence electrons. The molecule has 1 aromatic carbocycles. The monoisotopic (exact) mass is 303 g/mol. The second-order valence-electron chi connectivity index (χ2n) is 6.41. The van der Waals surface area contributed by atoms with E-state index in [4.69, 9.17) is 0 Å². The summed E-state index contributed by atoms with van der Waals surface area (Å²) in [6.07, 6.45) is 7.22. The number of benzene rings is 1. The van der Waals surface area contributed by atoms with E-state index in [1.807, 2.05) is 18.5 Å². The summed E-state index contributed by atoms with van der Waals surface area (Å²) in [6.45, 7) is 2.33. The summed E-state index contributed by atoms with van der Waals surface area (Å²) < 4.78 is 0. The molecular formula is C20H21N3. The average Bonchev–Trinajstić information content (AvgIpc) is 2.94. The van der Waals surface area contributed by atoms with Gasteiger partial charge in [0.15, 0.2) is 0 Å². The van der Waals surface area contributed by atoms with Crippen molar-refractivity contribution in [3.63, 3.8) is 0 Å². The van der Waals surface area contributed by atoms with Gasteiger partial charge < -0.3 is 10.3 Å². The summed E-state index contributed by atoms with van der Waals surface area (Å²) >= 11 is 0. The zero-order valence-corrected chi connectivity index (χ0v) is 13.3. The molecule has 0 fully saturated rings. The molecule has 1 aliphatic rings. The van der Waals surface area contributed by atoms with Crippen LogP contribution >= 0.6 is 0 Å². The second kappa shape index (κ2) is 5.92. The molecule has 0 saturated carbocycles. The molecule has 4 rings (SSSR count). The van der Waals surface area contributed by atoms with Gasteiger partial charge in [-0.25, -0.2) is 0 Å². The molecule has 0 amide bonds. The maximum Gasteiger partial charge on any atom is 0.0699 e. The Kier molecular flexibility index (Phi) is 3.62. The topological polar surface area (TPSA) is 40.7 Å². The lowest BCUT2D eigenvalue weighted by molar-refractivity contribution is 0.496. The van der Waals surface area contributed by atoms with Crippen LogP contribution in [0.1, 0.15) is 24.6 Å². The lowest BCUT2D eigenvalue weighted by Crippen LogP contribution is -2.11. The first-order chi connectivity index (χ1) is 11.3. The van der Waals surface area contributed by atoms with E-state index in [0.717, 1.165) is 24.4 Å². The van der Waals surface area contributed by atoms with E-state index in [2.05, 4.69) is 58.6 Å². The van der Waals surface area contributed by atoms with Crippen LogP contribution in [0.2, 0.25) is 0 Å². The fraction of sp³-hybridized carbons (Fsp3) is 0.250. The van der Waals surface area contributed by atoms with E-state index in [-0.39, 0.29) is 0 Å². The largest absolute Gasteiger partial charge is 0.356 e. The standard InChI is InChI=1S/C20H21N3/c1-14-7-8-17-18(13-14)23-19(15-9-11-21-12-10-15)20(17)22-16-5-3-2-4-6-16/h2-6,9-12,14,22-23H,7-8,13H2,1H3. The number of H-pyrrole nitrogens is 1. The third kappa shape index (κ3) is 2.74. The summed E-state index contributed by atoms with van der Waals surface area (Å²) in [5.74, 6) is 0.746. The Bertz CT molecular complexity index is 791. The number of anilines is 2. The van der Waals surface area contributed by atoms with Crippen LogP contribution in [0, 0.1) is 5.92 Å². The van der Waals surface area contributed by atoms with Crippen LogP contribution in [0.15, 0.2) is 54.9 Å². The van der Waals surface area contributed by atoms with Crippen LogP contribution in [0.3, 0.4) is 0 Å². The summed E-state index contributed by atoms with van der Waals surface area (Å²) in [5, 5.41) is 3.64. The molecule has 3 aromatic rings. The van der Waals surface area contributed by atoms with Crippen molar-refractivity contribution in [3.05, 3.63) is 66.1 Å². The Morgan fingerprint density at radius 3 is 2.65 bits per heavy atom. The molecule has 23 heavy (non-hydrogen) atoms. The summed E-state index contributed by atoms with van der Waals surface area (Å²) in [6, 6.07) is 14.5. The highest BCUT2D eigenvalue weighted by Gasteiger charge is 2.24. The zero-order chi connectivity index (χ0) is 15.6. The highest BCUT2D eigenvalue weighted by Crippen LogP contribution is 2.39. The van der Waals surface area contributed by atoms with Crippen molar-refractivity contribution in [3.8, 4) is 11.3 Å². The van der Waals surface area contributed by atoms with Crippen LogP contribution in [0.5, 0.6) is 0 Å². The lowest BCUT2D eigenvalue weighted by Gasteiger charge is -2.19. The minimum absolute atomic E-state index is 0.746. The van der Waals surface area contributed by atoms with Gasteiger partial charge in [-0.1, -0.05) is 25.1 Å². The number of rotatable bonds is 3. The molecular weight excluding hydrogens is 282 g/mol. The number of hydrogen-bond acceptors (Lipinski definition) is 2. The number of pyridine rings is 1. The van der Waals surface area contributed by atoms with Crippen LogP contribution in [0.4, 0.5) is 11.4 Å². The van der Waals surface area contributed by atoms with Crippen LogP contribution in [-0.2, 0) is 12.8 Å². The van der Waals surface area contributed by atoms with Gasteiger partial charge in [-0.3, -0.25) is 4.98 Å². The molecule has 2 heterocycles. The first kappa shape index (κ1) is 14.1. The van der Waals surface area contributed by atoms with Crippen molar-refractivity contribution in [1.29, 1.82) is 0 Å². The Morgan fingerprint density at radius 1 is 1.09 bits per heavy atom. The second-order valence-corrected chi connectivity index (χ2v) is 6.41. The highest BCUT2D eigenvalue weighted by atomic mass is 14.9. The van der Waals surface area contributed by atoms with E-state index in [9.17, 15) is 0 Å². The van der Waals surface area contributed by atoms with Crippen molar-refractivity contribution in [2.75, 3.05) is 5.32 Å². The molecule has 0 radical (unpaired) electrons. The smallest absolute Gasteiger partial charge is 0.0699 e. The molecule has 2 N–H and O–H groups in total. The quantitative estimate of drug-likeness (QED) is 0.719. The molecule has 0 saturated heterocycles. The average molecular weight is 303 g/mol. The van der Waals surface area contributed by atoms with Crippen molar-refractivity contribution >= 4 is 11.4 Å². The number of para-hydroxylation sites is 1. The maximum absolute atomic E-state index is 4.14. The normalized spacial score (nSPS) is 16.8. The third-order valence-corrected chi connectivity index (χ3v) is 4.64. The van der Waals surface area contributed by atoms with Crippen molar-refractivity contribution < 1.29 is 0 Å². The van der Waals surface area contributed by atoms with Gasteiger partial charge in [0.1, 0.15) is 0 Å². The molecule has 1 atom stereocenters. The molecule has 0 aliphatic heterocycles. The van der Waals surface area contributed by atoms with Gasteiger partial charge in [-0.15, -0.1) is 0 Å². The minimum Gasteiger partial charge on any atom is -0.356 e. The molecule has 3 nitrogen and oxygen atoms in total. The minimum atomic E-state index is 0.746. The predicted molar refractivity (Wildman–Crippen MR) is 94.9 cm³/mol. The van der Waals surface area contributed by atoms with E-state index in [0.29, 0.717) is 0 Å². The molecule has 0 bridgehead atoms. The number of nitrogens with zero attached hydrogens (tertiary/aromatic N) is 1.